The van der Waals surface area contributed by atoms with Crippen LogP contribution in [0.5, 0.6) is 0 Å². The summed E-state index contributed by atoms with van der Waals surface area (Å²) in [7, 11) is 0. The predicted octanol–water partition coefficient (Wildman–Crippen LogP) is 3.67. The summed E-state index contributed by atoms with van der Waals surface area (Å²) in [5.74, 6) is 1.99. The minimum atomic E-state index is 0.136. The Morgan fingerprint density at radius 1 is 0.933 bits per heavy atom. The van der Waals surface area contributed by atoms with Crippen molar-refractivity contribution in [3.05, 3.63) is 41.4 Å². The molecule has 2 saturated heterocycles. The molecular weight excluding hydrogens is 400 g/mol. The molecule has 1 amide bonds. The largest absolute Gasteiger partial charge is 0.355 e. The van der Waals surface area contributed by atoms with Gasteiger partial charge in [-0.25, -0.2) is 0 Å². The number of carbonyl (C=O) groups is 1. The van der Waals surface area contributed by atoms with Crippen LogP contribution in [-0.2, 0) is 4.79 Å². The van der Waals surface area contributed by atoms with Crippen LogP contribution >= 0.6 is 11.6 Å². The van der Waals surface area contributed by atoms with Crippen molar-refractivity contribution in [3.63, 3.8) is 0 Å². The van der Waals surface area contributed by atoms with E-state index in [0.717, 1.165) is 63.2 Å². The minimum Gasteiger partial charge on any atom is -0.355 e. The average Bonchev–Trinajstić information content (AvgIpc) is 3.23. The van der Waals surface area contributed by atoms with Crippen molar-refractivity contribution in [2.75, 3.05) is 31.1 Å². The number of carbonyl (C=O) groups excluding carboxylic acids is 1. The van der Waals surface area contributed by atoms with Crippen LogP contribution in [-0.4, -0.2) is 56.8 Å². The van der Waals surface area contributed by atoms with Gasteiger partial charge in [-0.05, 0) is 56.4 Å². The first-order valence-electron chi connectivity index (χ1n) is 10.7. The van der Waals surface area contributed by atoms with Crippen molar-refractivity contribution in [3.8, 4) is 11.4 Å². The molecule has 0 aliphatic carbocycles. The fourth-order valence-electron chi connectivity index (χ4n) is 4.49. The molecule has 2 aliphatic heterocycles. The van der Waals surface area contributed by atoms with Crippen LogP contribution in [0.25, 0.3) is 17.0 Å². The summed E-state index contributed by atoms with van der Waals surface area (Å²) in [4.78, 5) is 17.1. The molecule has 2 fully saturated rings. The van der Waals surface area contributed by atoms with Gasteiger partial charge >= 0.3 is 0 Å². The van der Waals surface area contributed by atoms with Gasteiger partial charge in [0.2, 0.25) is 5.91 Å². The van der Waals surface area contributed by atoms with Crippen LogP contribution in [0.4, 0.5) is 5.82 Å². The molecule has 3 aromatic rings. The quantitative estimate of drug-likeness (QED) is 0.641. The molecule has 0 radical (unpaired) electrons. The lowest BCUT2D eigenvalue weighted by atomic mass is 9.94. The van der Waals surface area contributed by atoms with Gasteiger partial charge in [0, 0.05) is 37.7 Å². The zero-order chi connectivity index (χ0) is 20.5. The summed E-state index contributed by atoms with van der Waals surface area (Å²) in [6.07, 6.45) is 5.27. The number of likely N-dealkylation sites (tertiary alicyclic amines) is 1. The van der Waals surface area contributed by atoms with Crippen molar-refractivity contribution < 1.29 is 4.79 Å². The summed E-state index contributed by atoms with van der Waals surface area (Å²) in [5.41, 5.74) is 1.49. The molecule has 5 rings (SSSR count). The van der Waals surface area contributed by atoms with E-state index in [9.17, 15) is 4.79 Å². The van der Waals surface area contributed by atoms with E-state index in [1.165, 1.54) is 6.42 Å². The van der Waals surface area contributed by atoms with Gasteiger partial charge in [0.1, 0.15) is 5.82 Å². The Hall–Kier alpha value is -2.67. The highest BCUT2D eigenvalue weighted by molar-refractivity contribution is 6.33. The number of piperidine rings is 2. The molecule has 7 nitrogen and oxygen atoms in total. The highest BCUT2D eigenvalue weighted by Gasteiger charge is 2.29. The van der Waals surface area contributed by atoms with Crippen molar-refractivity contribution in [1.29, 1.82) is 0 Å². The van der Waals surface area contributed by atoms with Crippen molar-refractivity contribution in [2.24, 2.45) is 5.92 Å². The minimum absolute atomic E-state index is 0.136. The van der Waals surface area contributed by atoms with Crippen LogP contribution in [0.1, 0.15) is 32.1 Å². The Balaban J connectivity index is 1.33. The zero-order valence-corrected chi connectivity index (χ0v) is 17.6. The fourth-order valence-corrected chi connectivity index (χ4v) is 4.71. The van der Waals surface area contributed by atoms with Crippen molar-refractivity contribution in [1.82, 2.24) is 24.7 Å². The second kappa shape index (κ2) is 8.22. The van der Waals surface area contributed by atoms with Gasteiger partial charge in [-0.1, -0.05) is 23.7 Å². The number of aromatic nitrogens is 4. The molecule has 4 heterocycles. The maximum atomic E-state index is 12.8. The Morgan fingerprint density at radius 2 is 1.70 bits per heavy atom. The molecular formula is C22H25ClN6O. The van der Waals surface area contributed by atoms with Gasteiger partial charge in [-0.15, -0.1) is 15.3 Å². The molecule has 2 aromatic heterocycles. The van der Waals surface area contributed by atoms with E-state index in [4.69, 9.17) is 16.7 Å². The molecule has 1 aromatic carbocycles. The Kier molecular flexibility index (Phi) is 5.29. The third-order valence-corrected chi connectivity index (χ3v) is 6.53. The number of halogens is 1. The smallest absolute Gasteiger partial charge is 0.225 e. The van der Waals surface area contributed by atoms with Crippen molar-refractivity contribution in [2.45, 2.75) is 32.1 Å². The van der Waals surface area contributed by atoms with E-state index in [1.54, 1.807) is 4.52 Å². The topological polar surface area (TPSA) is 66.6 Å². The molecule has 2 aliphatic rings. The number of anilines is 1. The number of fused-ring (bicyclic) bond motifs is 1. The summed E-state index contributed by atoms with van der Waals surface area (Å²) in [6.45, 7) is 3.50. The van der Waals surface area contributed by atoms with Crippen LogP contribution in [0.15, 0.2) is 36.4 Å². The predicted molar refractivity (Wildman–Crippen MR) is 117 cm³/mol. The lowest BCUT2D eigenvalue weighted by Gasteiger charge is -2.36. The van der Waals surface area contributed by atoms with Gasteiger partial charge in [0.15, 0.2) is 11.5 Å². The molecule has 0 atom stereocenters. The summed E-state index contributed by atoms with van der Waals surface area (Å²) >= 11 is 6.36. The molecule has 156 valence electrons. The lowest BCUT2D eigenvalue weighted by Crippen LogP contribution is -2.44. The third kappa shape index (κ3) is 3.62. The molecule has 30 heavy (non-hydrogen) atoms. The summed E-state index contributed by atoms with van der Waals surface area (Å²) in [6, 6.07) is 11.5. The first-order valence-corrected chi connectivity index (χ1v) is 11.1. The Morgan fingerprint density at radius 3 is 2.47 bits per heavy atom. The number of benzene rings is 1. The fraction of sp³-hybridized carbons (Fsp3) is 0.455. The second-order valence-corrected chi connectivity index (χ2v) is 8.52. The van der Waals surface area contributed by atoms with E-state index in [-0.39, 0.29) is 5.92 Å². The van der Waals surface area contributed by atoms with Crippen LogP contribution in [0, 0.1) is 5.92 Å². The normalized spacial score (nSPS) is 18.2. The van der Waals surface area contributed by atoms with Crippen molar-refractivity contribution >= 4 is 29.0 Å². The Bertz CT molecular complexity index is 1050. The summed E-state index contributed by atoms with van der Waals surface area (Å²) in [5, 5.41) is 14.0. The van der Waals surface area contributed by atoms with Crippen LogP contribution in [0.2, 0.25) is 5.02 Å². The maximum Gasteiger partial charge on any atom is 0.225 e. The number of hydrogen-bond donors (Lipinski definition) is 0. The number of nitrogens with zero attached hydrogens (tertiary/aromatic N) is 6. The molecule has 0 unspecified atom stereocenters. The van der Waals surface area contributed by atoms with Crippen LogP contribution < -0.4 is 4.90 Å². The van der Waals surface area contributed by atoms with Gasteiger partial charge < -0.3 is 9.80 Å². The SMILES string of the molecule is O=C(C1CCN(c2ccc3nnc(-c4ccccc4Cl)n3n2)CC1)N1CCCCC1. The van der Waals surface area contributed by atoms with E-state index in [2.05, 4.69) is 20.0 Å². The molecule has 0 saturated carbocycles. The first kappa shape index (κ1) is 19.3. The highest BCUT2D eigenvalue weighted by atomic mass is 35.5. The average molecular weight is 425 g/mol. The monoisotopic (exact) mass is 424 g/mol. The molecule has 0 spiro atoms. The maximum absolute atomic E-state index is 12.8. The molecule has 8 heteroatoms. The van der Waals surface area contributed by atoms with Gasteiger partial charge in [0.05, 0.1) is 5.02 Å². The zero-order valence-electron chi connectivity index (χ0n) is 16.9. The van der Waals surface area contributed by atoms with Gasteiger partial charge in [0.25, 0.3) is 0 Å². The standard InChI is InChI=1S/C22H25ClN6O/c23-18-7-3-2-6-17(18)21-25-24-19-8-9-20(26-29(19)21)27-14-10-16(11-15-27)22(30)28-12-4-1-5-13-28/h2-3,6-9,16H,1,4-5,10-15H2. The third-order valence-electron chi connectivity index (χ3n) is 6.20. The van der Waals surface area contributed by atoms with E-state index in [0.29, 0.717) is 22.4 Å². The van der Waals surface area contributed by atoms with Gasteiger partial charge in [-0.2, -0.15) is 4.52 Å². The van der Waals surface area contributed by atoms with E-state index >= 15 is 0 Å². The highest BCUT2D eigenvalue weighted by Crippen LogP contribution is 2.28. The molecule has 0 bridgehead atoms. The lowest BCUT2D eigenvalue weighted by molar-refractivity contribution is -0.137. The number of rotatable bonds is 3. The molecule has 0 N–H and O–H groups in total. The second-order valence-electron chi connectivity index (χ2n) is 8.11. The van der Waals surface area contributed by atoms with Crippen LogP contribution in [0.3, 0.4) is 0 Å². The number of amides is 1. The number of hydrogen-bond acceptors (Lipinski definition) is 5. The van der Waals surface area contributed by atoms with E-state index in [1.807, 2.05) is 36.4 Å². The van der Waals surface area contributed by atoms with Gasteiger partial charge in [-0.3, -0.25) is 4.79 Å². The van der Waals surface area contributed by atoms with E-state index < -0.39 is 0 Å². The first-order chi connectivity index (χ1) is 14.7. The Labute approximate surface area is 180 Å². The summed E-state index contributed by atoms with van der Waals surface area (Å²) < 4.78 is 1.75.